The fourth-order valence-corrected chi connectivity index (χ4v) is 3.37. The number of aromatic nitrogens is 1. The first kappa shape index (κ1) is 13.2. The summed E-state index contributed by atoms with van der Waals surface area (Å²) in [5.41, 5.74) is 0.849. The number of likely N-dealkylation sites (tertiary alicyclic amines) is 1. The molecule has 0 spiro atoms. The summed E-state index contributed by atoms with van der Waals surface area (Å²) in [7, 11) is 0. The maximum atomic E-state index is 13.1. The van der Waals surface area contributed by atoms with Crippen molar-refractivity contribution in [2.45, 2.75) is 37.8 Å². The van der Waals surface area contributed by atoms with E-state index < -0.39 is 0 Å². The Morgan fingerprint density at radius 3 is 2.81 bits per heavy atom. The number of fused-ring (bicyclic) bond motifs is 1. The Bertz CT molecular complexity index is 657. The lowest BCUT2D eigenvalue weighted by Crippen LogP contribution is -2.38. The predicted molar refractivity (Wildman–Crippen MR) is 76.2 cm³/mol. The maximum absolute atomic E-state index is 13.1. The summed E-state index contributed by atoms with van der Waals surface area (Å²) >= 11 is 0. The zero-order valence-corrected chi connectivity index (χ0v) is 11.9. The van der Waals surface area contributed by atoms with Gasteiger partial charge in [0.25, 0.3) is 0 Å². The molecular formula is C16H19FN2O2. The van der Waals surface area contributed by atoms with Gasteiger partial charge < -0.3 is 9.52 Å². The van der Waals surface area contributed by atoms with Crippen LogP contribution in [0.2, 0.25) is 0 Å². The van der Waals surface area contributed by atoms with Crippen LogP contribution in [-0.4, -0.2) is 33.7 Å². The van der Waals surface area contributed by atoms with Crippen molar-refractivity contribution in [3.63, 3.8) is 0 Å². The minimum absolute atomic E-state index is 0.291. The number of hydrogen-bond acceptors (Lipinski definition) is 4. The standard InChI is InChI=1S/C16H19FN2O2/c17-12-1-2-14-13(9-12)18-15(21-14)10-19-7-3-11(4-8-19)16(20)5-6-16/h1-2,9,11,20H,3-8,10H2. The zero-order valence-electron chi connectivity index (χ0n) is 11.9. The average Bonchev–Trinajstić information content (AvgIpc) is 3.09. The quantitative estimate of drug-likeness (QED) is 0.944. The second-order valence-electron chi connectivity index (χ2n) is 6.37. The van der Waals surface area contributed by atoms with Gasteiger partial charge in [-0.25, -0.2) is 9.37 Å². The van der Waals surface area contributed by atoms with Crippen LogP contribution in [0.3, 0.4) is 0 Å². The number of piperidine rings is 1. The number of halogens is 1. The largest absolute Gasteiger partial charge is 0.439 e. The molecule has 4 nitrogen and oxygen atoms in total. The summed E-state index contributed by atoms with van der Waals surface area (Å²) in [6, 6.07) is 4.41. The van der Waals surface area contributed by atoms with Crippen LogP contribution < -0.4 is 0 Å². The number of aliphatic hydroxyl groups is 1. The molecule has 1 saturated carbocycles. The Kier molecular flexibility index (Phi) is 3.01. The highest BCUT2D eigenvalue weighted by Gasteiger charge is 2.48. The molecule has 2 aromatic rings. The van der Waals surface area contributed by atoms with E-state index >= 15 is 0 Å². The second kappa shape index (κ2) is 4.78. The Morgan fingerprint density at radius 2 is 2.10 bits per heavy atom. The van der Waals surface area contributed by atoms with Gasteiger partial charge in [-0.15, -0.1) is 0 Å². The number of nitrogens with zero attached hydrogens (tertiary/aromatic N) is 2. The van der Waals surface area contributed by atoms with Crippen molar-refractivity contribution in [2.75, 3.05) is 13.1 Å². The molecule has 1 aromatic heterocycles. The maximum Gasteiger partial charge on any atom is 0.209 e. The van der Waals surface area contributed by atoms with Crippen molar-refractivity contribution in [3.8, 4) is 0 Å². The van der Waals surface area contributed by atoms with E-state index in [-0.39, 0.29) is 11.4 Å². The zero-order chi connectivity index (χ0) is 14.4. The summed E-state index contributed by atoms with van der Waals surface area (Å²) in [6.45, 7) is 2.57. The molecule has 0 bridgehead atoms. The smallest absolute Gasteiger partial charge is 0.209 e. The molecule has 0 amide bonds. The van der Waals surface area contributed by atoms with Crippen molar-refractivity contribution in [1.29, 1.82) is 0 Å². The van der Waals surface area contributed by atoms with E-state index in [9.17, 15) is 9.50 Å². The summed E-state index contributed by atoms with van der Waals surface area (Å²) in [5.74, 6) is 0.798. The first-order valence-electron chi connectivity index (χ1n) is 7.62. The molecule has 112 valence electrons. The molecule has 1 N–H and O–H groups in total. The lowest BCUT2D eigenvalue weighted by molar-refractivity contribution is 0.0359. The lowest BCUT2D eigenvalue weighted by Gasteiger charge is -2.33. The highest BCUT2D eigenvalue weighted by molar-refractivity contribution is 5.72. The molecule has 5 heteroatoms. The molecule has 0 atom stereocenters. The second-order valence-corrected chi connectivity index (χ2v) is 6.37. The van der Waals surface area contributed by atoms with Crippen LogP contribution in [-0.2, 0) is 6.54 Å². The number of benzene rings is 1. The van der Waals surface area contributed by atoms with Gasteiger partial charge >= 0.3 is 0 Å². The SMILES string of the molecule is OC1(C2CCN(Cc3nc4cc(F)ccc4o3)CC2)CC1. The highest BCUT2D eigenvalue weighted by atomic mass is 19.1. The molecule has 2 fully saturated rings. The Balaban J connectivity index is 1.41. The first-order chi connectivity index (χ1) is 10.1. The van der Waals surface area contributed by atoms with Crippen LogP contribution in [0.1, 0.15) is 31.6 Å². The highest BCUT2D eigenvalue weighted by Crippen LogP contribution is 2.46. The van der Waals surface area contributed by atoms with E-state index in [1.54, 1.807) is 6.07 Å². The van der Waals surface area contributed by atoms with Crippen LogP contribution >= 0.6 is 0 Å². The fourth-order valence-electron chi connectivity index (χ4n) is 3.37. The Hall–Kier alpha value is -1.46. The number of rotatable bonds is 3. The number of hydrogen-bond donors (Lipinski definition) is 1. The van der Waals surface area contributed by atoms with Gasteiger partial charge in [-0.05, 0) is 56.8 Å². The molecule has 0 unspecified atom stereocenters. The van der Waals surface area contributed by atoms with Crippen LogP contribution in [0.4, 0.5) is 4.39 Å². The molecule has 2 aliphatic rings. The minimum atomic E-state index is -0.360. The van der Waals surface area contributed by atoms with Gasteiger partial charge in [-0.2, -0.15) is 0 Å². The first-order valence-corrected chi connectivity index (χ1v) is 7.62. The van der Waals surface area contributed by atoms with Gasteiger partial charge in [0.05, 0.1) is 12.1 Å². The lowest BCUT2D eigenvalue weighted by atomic mass is 9.89. The summed E-state index contributed by atoms with van der Waals surface area (Å²) < 4.78 is 18.8. The molecule has 21 heavy (non-hydrogen) atoms. The van der Waals surface area contributed by atoms with Gasteiger partial charge in [-0.1, -0.05) is 0 Å². The van der Waals surface area contributed by atoms with Crippen molar-refractivity contribution in [2.24, 2.45) is 5.92 Å². The number of oxazole rings is 1. The van der Waals surface area contributed by atoms with E-state index in [4.69, 9.17) is 4.42 Å². The molecule has 1 saturated heterocycles. The van der Waals surface area contributed by atoms with E-state index in [2.05, 4.69) is 9.88 Å². The van der Waals surface area contributed by atoms with E-state index in [0.717, 1.165) is 38.8 Å². The van der Waals surface area contributed by atoms with Gasteiger partial charge in [0, 0.05) is 6.07 Å². The molecule has 4 rings (SSSR count). The predicted octanol–water partition coefficient (Wildman–Crippen LogP) is 2.70. The average molecular weight is 290 g/mol. The van der Waals surface area contributed by atoms with Crippen molar-refractivity contribution < 1.29 is 13.9 Å². The molecule has 0 radical (unpaired) electrons. The molecular weight excluding hydrogens is 271 g/mol. The fraction of sp³-hybridized carbons (Fsp3) is 0.562. The molecule has 1 aliphatic carbocycles. The summed E-state index contributed by atoms with van der Waals surface area (Å²) in [6.07, 6.45) is 4.00. The monoisotopic (exact) mass is 290 g/mol. The summed E-state index contributed by atoms with van der Waals surface area (Å²) in [5, 5.41) is 10.2. The molecule has 1 aromatic carbocycles. The molecule has 2 heterocycles. The van der Waals surface area contributed by atoms with Crippen LogP contribution in [0.15, 0.2) is 22.6 Å². The Labute approximate surface area is 122 Å². The topological polar surface area (TPSA) is 49.5 Å². The van der Waals surface area contributed by atoms with Crippen LogP contribution in [0.25, 0.3) is 11.1 Å². The Morgan fingerprint density at radius 1 is 1.33 bits per heavy atom. The van der Waals surface area contributed by atoms with Gasteiger partial charge in [0.15, 0.2) is 5.58 Å². The van der Waals surface area contributed by atoms with Crippen molar-refractivity contribution in [3.05, 3.63) is 29.9 Å². The minimum Gasteiger partial charge on any atom is -0.439 e. The van der Waals surface area contributed by atoms with Gasteiger partial charge in [0.2, 0.25) is 5.89 Å². The van der Waals surface area contributed by atoms with Gasteiger partial charge in [0.1, 0.15) is 11.3 Å². The summed E-state index contributed by atoms with van der Waals surface area (Å²) in [4.78, 5) is 6.65. The third kappa shape index (κ3) is 2.56. The third-order valence-electron chi connectivity index (χ3n) is 4.86. The van der Waals surface area contributed by atoms with Crippen molar-refractivity contribution >= 4 is 11.1 Å². The third-order valence-corrected chi connectivity index (χ3v) is 4.86. The van der Waals surface area contributed by atoms with E-state index in [1.807, 2.05) is 0 Å². The van der Waals surface area contributed by atoms with Crippen LogP contribution in [0.5, 0.6) is 0 Å². The molecule has 1 aliphatic heterocycles. The van der Waals surface area contributed by atoms with Gasteiger partial charge in [-0.3, -0.25) is 4.90 Å². The van der Waals surface area contributed by atoms with Crippen LogP contribution in [0, 0.1) is 11.7 Å². The van der Waals surface area contributed by atoms with E-state index in [0.29, 0.717) is 29.5 Å². The van der Waals surface area contributed by atoms with Crippen molar-refractivity contribution in [1.82, 2.24) is 9.88 Å². The normalized spacial score (nSPS) is 22.8. The van der Waals surface area contributed by atoms with E-state index in [1.165, 1.54) is 12.1 Å².